The quantitative estimate of drug-likeness (QED) is 0.483. The van der Waals surface area contributed by atoms with Gasteiger partial charge in [-0.25, -0.2) is 0 Å². The normalized spacial score (nSPS) is 14.6. The highest BCUT2D eigenvalue weighted by Gasteiger charge is 2.18. The van der Waals surface area contributed by atoms with E-state index < -0.39 is 0 Å². The number of pyridine rings is 1. The maximum absolute atomic E-state index is 9.22. The van der Waals surface area contributed by atoms with Crippen molar-refractivity contribution in [2.45, 2.75) is 26.3 Å². The van der Waals surface area contributed by atoms with E-state index in [0.717, 1.165) is 42.0 Å². The van der Waals surface area contributed by atoms with Crippen LogP contribution >= 0.6 is 0 Å². The zero-order valence-electron chi connectivity index (χ0n) is 17.8. The van der Waals surface area contributed by atoms with E-state index >= 15 is 0 Å². The Balaban J connectivity index is 1.65. The van der Waals surface area contributed by atoms with Crippen molar-refractivity contribution < 1.29 is 0 Å². The van der Waals surface area contributed by atoms with Gasteiger partial charge in [-0.2, -0.15) is 5.26 Å². The summed E-state index contributed by atoms with van der Waals surface area (Å²) in [6.45, 7) is 5.35. The minimum atomic E-state index is 0.671. The minimum absolute atomic E-state index is 0.671. The van der Waals surface area contributed by atoms with Gasteiger partial charge in [0.2, 0.25) is 0 Å². The molecular formula is C27H26N4. The van der Waals surface area contributed by atoms with Crippen molar-refractivity contribution in [1.82, 2.24) is 14.9 Å². The second-order valence-electron chi connectivity index (χ2n) is 8.50. The molecule has 0 aliphatic carbocycles. The molecule has 1 fully saturated rings. The standard InChI is InChI=1S/C27H26N4/c1-19-2-6-23(7-3-19)27-26(22-8-4-20(16-28)5-9-22)24-12-15-31(25(24)17-30-27)18-21-10-13-29-14-11-21/h2-9,12,15,17,21,29H,10-11,13-14,18H2,1H3. The Kier molecular flexibility index (Phi) is 5.28. The maximum Gasteiger partial charge on any atom is 0.0991 e. The Hall–Kier alpha value is -3.42. The number of rotatable bonds is 4. The molecule has 0 amide bonds. The van der Waals surface area contributed by atoms with Crippen molar-refractivity contribution in [2.24, 2.45) is 5.92 Å². The maximum atomic E-state index is 9.22. The fourth-order valence-corrected chi connectivity index (χ4v) is 4.59. The number of nitrogens with one attached hydrogen (secondary N) is 1. The van der Waals surface area contributed by atoms with Crippen molar-refractivity contribution in [1.29, 1.82) is 5.26 Å². The van der Waals surface area contributed by atoms with Crippen molar-refractivity contribution >= 4 is 10.9 Å². The van der Waals surface area contributed by atoms with Crippen molar-refractivity contribution in [3.8, 4) is 28.5 Å². The third kappa shape index (κ3) is 3.85. The van der Waals surface area contributed by atoms with Crippen LogP contribution in [0.5, 0.6) is 0 Å². The zero-order chi connectivity index (χ0) is 21.2. The van der Waals surface area contributed by atoms with E-state index in [4.69, 9.17) is 4.98 Å². The van der Waals surface area contributed by atoms with Gasteiger partial charge in [0.1, 0.15) is 0 Å². The van der Waals surface area contributed by atoms with Crippen LogP contribution in [0.15, 0.2) is 67.0 Å². The van der Waals surface area contributed by atoms with Crippen molar-refractivity contribution in [2.75, 3.05) is 13.1 Å². The molecule has 2 aromatic heterocycles. The van der Waals surface area contributed by atoms with Gasteiger partial charge in [0.05, 0.1) is 29.0 Å². The average molecular weight is 407 g/mol. The molecule has 1 aliphatic heterocycles. The van der Waals surface area contributed by atoms with Crippen LogP contribution in [0, 0.1) is 24.2 Å². The Labute approximate surface area is 183 Å². The molecule has 0 spiro atoms. The van der Waals surface area contributed by atoms with E-state index in [2.05, 4.69) is 59.4 Å². The molecule has 4 aromatic rings. The molecule has 0 radical (unpaired) electrons. The number of nitrogens with zero attached hydrogens (tertiary/aromatic N) is 3. The van der Waals surface area contributed by atoms with Crippen molar-refractivity contribution in [3.63, 3.8) is 0 Å². The van der Waals surface area contributed by atoms with Gasteiger partial charge in [0.15, 0.2) is 0 Å². The monoisotopic (exact) mass is 406 g/mol. The Bertz CT molecular complexity index is 1240. The average Bonchev–Trinajstić information content (AvgIpc) is 3.22. The Morgan fingerprint density at radius 1 is 1.00 bits per heavy atom. The smallest absolute Gasteiger partial charge is 0.0991 e. The summed E-state index contributed by atoms with van der Waals surface area (Å²) in [7, 11) is 0. The van der Waals surface area contributed by atoms with E-state index in [-0.39, 0.29) is 0 Å². The van der Waals surface area contributed by atoms with E-state index in [0.29, 0.717) is 11.5 Å². The number of fused-ring (bicyclic) bond motifs is 1. The molecule has 1 N–H and O–H groups in total. The summed E-state index contributed by atoms with van der Waals surface area (Å²) in [6.07, 6.45) is 6.67. The van der Waals surface area contributed by atoms with Gasteiger partial charge >= 0.3 is 0 Å². The summed E-state index contributed by atoms with van der Waals surface area (Å²) in [5.41, 5.74) is 7.40. The van der Waals surface area contributed by atoms with Gasteiger partial charge in [-0.15, -0.1) is 0 Å². The first kappa shape index (κ1) is 19.5. The number of aryl methyl sites for hydroxylation is 1. The van der Waals surface area contributed by atoms with Crippen LogP contribution in [0.25, 0.3) is 33.3 Å². The topological polar surface area (TPSA) is 53.6 Å². The summed E-state index contributed by atoms with van der Waals surface area (Å²) in [6, 6.07) is 20.8. The van der Waals surface area contributed by atoms with Gasteiger partial charge in [0.25, 0.3) is 0 Å². The van der Waals surface area contributed by atoms with Crippen LogP contribution in [0.3, 0.4) is 0 Å². The Morgan fingerprint density at radius 2 is 1.71 bits per heavy atom. The minimum Gasteiger partial charge on any atom is -0.346 e. The number of benzene rings is 2. The van der Waals surface area contributed by atoms with Gasteiger partial charge in [-0.3, -0.25) is 4.98 Å². The van der Waals surface area contributed by atoms with Crippen LogP contribution in [-0.4, -0.2) is 22.6 Å². The van der Waals surface area contributed by atoms with Crippen LogP contribution in [0.4, 0.5) is 0 Å². The highest BCUT2D eigenvalue weighted by molar-refractivity contribution is 6.01. The molecule has 0 saturated carbocycles. The first-order chi connectivity index (χ1) is 15.2. The van der Waals surface area contributed by atoms with Crippen LogP contribution in [0.1, 0.15) is 24.0 Å². The summed E-state index contributed by atoms with van der Waals surface area (Å²) in [4.78, 5) is 4.95. The second kappa shape index (κ2) is 8.37. The highest BCUT2D eigenvalue weighted by atomic mass is 15.0. The lowest BCUT2D eigenvalue weighted by Crippen LogP contribution is -2.29. The molecule has 5 rings (SSSR count). The molecule has 154 valence electrons. The molecule has 0 bridgehead atoms. The molecule has 2 aromatic carbocycles. The van der Waals surface area contributed by atoms with Crippen LogP contribution < -0.4 is 5.32 Å². The number of aromatic nitrogens is 2. The SMILES string of the molecule is Cc1ccc(-c2ncc3c(ccn3CC3CCNCC3)c2-c2ccc(C#N)cc2)cc1. The molecular weight excluding hydrogens is 380 g/mol. The first-order valence-corrected chi connectivity index (χ1v) is 11.0. The lowest BCUT2D eigenvalue weighted by molar-refractivity contribution is 0.337. The van der Waals surface area contributed by atoms with Crippen molar-refractivity contribution in [3.05, 3.63) is 78.1 Å². The molecule has 31 heavy (non-hydrogen) atoms. The fourth-order valence-electron chi connectivity index (χ4n) is 4.59. The number of piperidine rings is 1. The van der Waals surface area contributed by atoms with E-state index in [1.54, 1.807) is 0 Å². The molecule has 1 saturated heterocycles. The fraction of sp³-hybridized carbons (Fsp3) is 0.259. The van der Waals surface area contributed by atoms with Crippen LogP contribution in [0.2, 0.25) is 0 Å². The van der Waals surface area contributed by atoms with Gasteiger partial charge < -0.3 is 9.88 Å². The van der Waals surface area contributed by atoms with E-state index in [1.165, 1.54) is 29.3 Å². The number of nitriles is 1. The Morgan fingerprint density at radius 3 is 2.42 bits per heavy atom. The predicted molar refractivity (Wildman–Crippen MR) is 126 cm³/mol. The third-order valence-corrected chi connectivity index (χ3v) is 6.37. The van der Waals surface area contributed by atoms with Gasteiger partial charge in [0, 0.05) is 29.3 Å². The summed E-state index contributed by atoms with van der Waals surface area (Å²) in [5, 5.41) is 13.9. The lowest BCUT2D eigenvalue weighted by atomic mass is 9.95. The van der Waals surface area contributed by atoms with Gasteiger partial charge in [-0.1, -0.05) is 42.0 Å². The summed E-state index contributed by atoms with van der Waals surface area (Å²) >= 11 is 0. The molecule has 1 aliphatic rings. The molecule has 0 atom stereocenters. The molecule has 4 heteroatoms. The zero-order valence-corrected chi connectivity index (χ0v) is 17.8. The van der Waals surface area contributed by atoms with E-state index in [9.17, 15) is 5.26 Å². The van der Waals surface area contributed by atoms with Crippen LogP contribution in [-0.2, 0) is 6.54 Å². The van der Waals surface area contributed by atoms with Gasteiger partial charge in [-0.05, 0) is 62.5 Å². The predicted octanol–water partition coefficient (Wildman–Crippen LogP) is 5.55. The first-order valence-electron chi connectivity index (χ1n) is 11.0. The molecule has 0 unspecified atom stereocenters. The largest absolute Gasteiger partial charge is 0.346 e. The van der Waals surface area contributed by atoms with E-state index in [1.807, 2.05) is 30.5 Å². The molecule has 4 nitrogen and oxygen atoms in total. The lowest BCUT2D eigenvalue weighted by Gasteiger charge is -2.23. The summed E-state index contributed by atoms with van der Waals surface area (Å²) < 4.78 is 2.37. The number of hydrogen-bond acceptors (Lipinski definition) is 3. The highest BCUT2D eigenvalue weighted by Crippen LogP contribution is 2.37. The molecule has 3 heterocycles. The second-order valence-corrected chi connectivity index (χ2v) is 8.50. The number of hydrogen-bond donors (Lipinski definition) is 1. The summed E-state index contributed by atoms with van der Waals surface area (Å²) in [5.74, 6) is 0.701. The third-order valence-electron chi connectivity index (χ3n) is 6.37.